The second-order valence-corrected chi connectivity index (χ2v) is 5.79. The summed E-state index contributed by atoms with van der Waals surface area (Å²) < 4.78 is 23.2. The molecule has 0 radical (unpaired) electrons. The number of hydrogen-bond donors (Lipinski definition) is 0. The van der Waals surface area contributed by atoms with Crippen molar-refractivity contribution in [1.29, 1.82) is 0 Å². The number of pyridine rings is 2. The topological polar surface area (TPSA) is 62.7 Å². The molecule has 144 valence electrons. The second-order valence-electron chi connectivity index (χ2n) is 5.79. The minimum atomic E-state index is 0. The van der Waals surface area contributed by atoms with E-state index in [1.807, 2.05) is 0 Å². The largest absolute Gasteiger partial charge is 2.00 e. The molecule has 2 aromatic heterocycles. The normalized spacial score (nSPS) is 11.6. The Labute approximate surface area is 181 Å². The van der Waals surface area contributed by atoms with E-state index in [4.69, 9.17) is 18.9 Å². The van der Waals surface area contributed by atoms with Crippen molar-refractivity contribution in [3.05, 3.63) is 84.9 Å². The van der Waals surface area contributed by atoms with Crippen molar-refractivity contribution in [3.8, 4) is 46.5 Å². The third-order valence-corrected chi connectivity index (χ3v) is 3.74. The number of ether oxygens (including phenoxy) is 4. The Kier molecular flexibility index (Phi) is 5.45. The maximum absolute atomic E-state index is 5.79. The molecular weight excluding hydrogens is 551 g/mol. The van der Waals surface area contributed by atoms with Gasteiger partial charge in [-0.25, -0.2) is 0 Å². The van der Waals surface area contributed by atoms with Gasteiger partial charge in [0.05, 0.1) is 0 Å². The molecule has 1 aliphatic heterocycles. The van der Waals surface area contributed by atoms with Crippen LogP contribution in [0.25, 0.3) is 0 Å². The molecule has 0 saturated heterocycles. The summed E-state index contributed by atoms with van der Waals surface area (Å²) in [7, 11) is 0. The third kappa shape index (κ3) is 4.55. The van der Waals surface area contributed by atoms with E-state index in [-0.39, 0.29) is 21.1 Å². The predicted molar refractivity (Wildman–Crippen MR) is 99.3 cm³/mol. The van der Waals surface area contributed by atoms with Crippen LogP contribution >= 0.6 is 0 Å². The summed E-state index contributed by atoms with van der Waals surface area (Å²) >= 11 is 0. The minimum absolute atomic E-state index is 0. The molecule has 29 heavy (non-hydrogen) atoms. The van der Waals surface area contributed by atoms with E-state index in [9.17, 15) is 0 Å². The molecule has 1 aliphatic rings. The molecule has 4 aromatic rings. The molecule has 3 heterocycles. The fourth-order valence-corrected chi connectivity index (χ4v) is 2.56. The van der Waals surface area contributed by atoms with E-state index in [0.29, 0.717) is 46.5 Å². The van der Waals surface area contributed by atoms with Gasteiger partial charge in [0.1, 0.15) is 0 Å². The number of hydrogen-bond acceptors (Lipinski definition) is 6. The molecule has 8 bridgehead atoms. The summed E-state index contributed by atoms with van der Waals surface area (Å²) in [6.07, 6.45) is 0. The van der Waals surface area contributed by atoms with Gasteiger partial charge in [-0.2, -0.15) is 22.1 Å². The molecule has 2 aromatic carbocycles. The molecule has 0 spiro atoms. The van der Waals surface area contributed by atoms with E-state index in [1.165, 1.54) is 0 Å². The molecule has 0 N–H and O–H groups in total. The minimum Gasteiger partial charge on any atom is -0.465 e. The van der Waals surface area contributed by atoms with Crippen molar-refractivity contribution < 1.29 is 40.0 Å². The summed E-state index contributed by atoms with van der Waals surface area (Å²) in [5.74, 6) is 3.28. The van der Waals surface area contributed by atoms with Gasteiger partial charge in [-0.15, -0.1) is 24.3 Å². The van der Waals surface area contributed by atoms with Gasteiger partial charge in [-0.05, 0) is 0 Å². The number of benzene rings is 2. The molecule has 0 unspecified atom stereocenters. The van der Waals surface area contributed by atoms with Gasteiger partial charge >= 0.3 is 21.1 Å². The van der Waals surface area contributed by atoms with E-state index >= 15 is 0 Å². The summed E-state index contributed by atoms with van der Waals surface area (Å²) in [4.78, 5) is 8.71. The predicted octanol–water partition coefficient (Wildman–Crippen LogP) is 5.56. The molecule has 0 fully saturated rings. The molecular formula is C22H12N2O4Pt. The molecule has 7 heteroatoms. The van der Waals surface area contributed by atoms with E-state index in [0.717, 1.165) is 0 Å². The average Bonchev–Trinajstić information content (AvgIpc) is 2.69. The fraction of sp³-hybridized carbons (Fsp3) is 0. The molecule has 0 aliphatic carbocycles. The Morgan fingerprint density at radius 3 is 1.03 bits per heavy atom. The number of aromatic nitrogens is 2. The van der Waals surface area contributed by atoms with Crippen molar-refractivity contribution in [3.63, 3.8) is 0 Å². The van der Waals surface area contributed by atoms with Crippen molar-refractivity contribution in [2.75, 3.05) is 0 Å². The van der Waals surface area contributed by atoms with Gasteiger partial charge in [0.25, 0.3) is 0 Å². The Morgan fingerprint density at radius 2 is 0.724 bits per heavy atom. The number of fused-ring (bicyclic) bond motifs is 8. The van der Waals surface area contributed by atoms with Crippen LogP contribution in [0.4, 0.5) is 0 Å². The first-order valence-corrected chi connectivity index (χ1v) is 8.50. The standard InChI is InChI=1S/C22H12N2O4.Pt/c1-5-15-13-16(6-1)26-20-10-4-12-22(24-20)28-18-8-2-7-17(14-18)27-21-11-3-9-19(23-21)25-15;/h1-12H;/q-2;+2. The van der Waals surface area contributed by atoms with Gasteiger partial charge in [0.15, 0.2) is 0 Å². The van der Waals surface area contributed by atoms with Crippen LogP contribution < -0.4 is 18.9 Å². The van der Waals surface area contributed by atoms with Crippen LogP contribution in [0.3, 0.4) is 0 Å². The van der Waals surface area contributed by atoms with Crippen LogP contribution in [0, 0.1) is 12.1 Å². The number of nitrogens with zero attached hydrogens (tertiary/aromatic N) is 2. The van der Waals surface area contributed by atoms with E-state index in [1.54, 1.807) is 72.8 Å². The quantitative estimate of drug-likeness (QED) is 0.230. The second kappa shape index (κ2) is 8.33. The summed E-state index contributed by atoms with van der Waals surface area (Å²) in [5, 5.41) is 0. The van der Waals surface area contributed by atoms with Crippen LogP contribution in [-0.2, 0) is 21.1 Å². The molecule has 0 atom stereocenters. The van der Waals surface area contributed by atoms with Crippen molar-refractivity contribution >= 4 is 0 Å². The first kappa shape index (κ1) is 19.0. The maximum Gasteiger partial charge on any atom is 2.00 e. The van der Waals surface area contributed by atoms with Crippen molar-refractivity contribution in [2.45, 2.75) is 0 Å². The summed E-state index contributed by atoms with van der Waals surface area (Å²) in [6, 6.07) is 27.2. The summed E-state index contributed by atoms with van der Waals surface area (Å²) in [6.45, 7) is 0. The third-order valence-electron chi connectivity index (χ3n) is 3.74. The molecule has 0 amide bonds. The smallest absolute Gasteiger partial charge is 0.465 e. The van der Waals surface area contributed by atoms with Gasteiger partial charge in [-0.1, -0.05) is 24.3 Å². The van der Waals surface area contributed by atoms with Crippen LogP contribution in [-0.4, -0.2) is 9.97 Å². The van der Waals surface area contributed by atoms with Gasteiger partial charge in [0, 0.05) is 47.3 Å². The summed E-state index contributed by atoms with van der Waals surface area (Å²) in [5.41, 5.74) is 0. The Morgan fingerprint density at radius 1 is 0.448 bits per heavy atom. The Hall–Kier alpha value is -3.37. The van der Waals surface area contributed by atoms with E-state index < -0.39 is 0 Å². The van der Waals surface area contributed by atoms with Gasteiger partial charge < -0.3 is 18.9 Å². The SMILES string of the molecule is [Pt+2].[c-]1c2cccc1Oc1cccc(n1)Oc1[c-]c(ccc1)Oc1cccc(n1)O2. The monoisotopic (exact) mass is 563 g/mol. The first-order valence-electron chi connectivity index (χ1n) is 8.50. The van der Waals surface area contributed by atoms with Crippen LogP contribution in [0.5, 0.6) is 46.5 Å². The zero-order valence-electron chi connectivity index (χ0n) is 14.8. The Bertz CT molecular complexity index is 902. The zero-order valence-corrected chi connectivity index (χ0v) is 17.0. The van der Waals surface area contributed by atoms with Crippen molar-refractivity contribution in [2.24, 2.45) is 0 Å². The zero-order chi connectivity index (χ0) is 18.8. The van der Waals surface area contributed by atoms with Crippen LogP contribution in [0.1, 0.15) is 0 Å². The van der Waals surface area contributed by atoms with Gasteiger partial charge in [0.2, 0.25) is 23.5 Å². The van der Waals surface area contributed by atoms with Gasteiger partial charge in [-0.3, -0.25) is 0 Å². The van der Waals surface area contributed by atoms with Crippen LogP contribution in [0.2, 0.25) is 0 Å². The molecule has 5 rings (SSSR count). The average molecular weight is 563 g/mol. The first-order chi connectivity index (χ1) is 13.8. The van der Waals surface area contributed by atoms with Crippen LogP contribution in [0.15, 0.2) is 72.8 Å². The molecule has 0 saturated carbocycles. The maximum atomic E-state index is 5.79. The number of rotatable bonds is 0. The molecule has 6 nitrogen and oxygen atoms in total. The fourth-order valence-electron chi connectivity index (χ4n) is 2.56. The Balaban J connectivity index is 0.00000205. The van der Waals surface area contributed by atoms with Crippen molar-refractivity contribution in [1.82, 2.24) is 9.97 Å². The van der Waals surface area contributed by atoms with E-state index in [2.05, 4.69) is 22.1 Å².